The zero-order valence-electron chi connectivity index (χ0n) is 17.6. The van der Waals surface area contributed by atoms with Crippen molar-refractivity contribution >= 4 is 40.8 Å². The number of carbonyl (C=O) groups is 2. The number of quaternary nitrogens is 1. The second-order valence-electron chi connectivity index (χ2n) is 8.60. The first-order valence-corrected chi connectivity index (χ1v) is 10.8. The number of urea groups is 1. The molecule has 160 valence electrons. The first-order chi connectivity index (χ1) is 14.6. The first-order valence-electron chi connectivity index (χ1n) is 10.1. The molecule has 2 heterocycles. The molecular weight excluding hydrogens is 435 g/mol. The van der Waals surface area contributed by atoms with Gasteiger partial charge in [-0.25, -0.2) is 9.69 Å². The molecule has 2 aromatic carbocycles. The second kappa shape index (κ2) is 7.52. The van der Waals surface area contributed by atoms with Gasteiger partial charge in [-0.05, 0) is 42.8 Å². The molecule has 1 unspecified atom stereocenters. The fourth-order valence-electron chi connectivity index (χ4n) is 4.96. The number of benzene rings is 2. The highest BCUT2D eigenvalue weighted by Crippen LogP contribution is 2.48. The highest BCUT2D eigenvalue weighted by Gasteiger charge is 2.68. The highest BCUT2D eigenvalue weighted by atomic mass is 35.5. The smallest absolute Gasteiger partial charge is 0.323 e. The van der Waals surface area contributed by atoms with E-state index in [2.05, 4.69) is 20.0 Å². The normalized spacial score (nSPS) is 27.9. The Morgan fingerprint density at radius 1 is 1.16 bits per heavy atom. The number of likely N-dealkylation sites (N-methyl/N-ethyl adjacent to an activating group) is 2. The summed E-state index contributed by atoms with van der Waals surface area (Å²) in [4.78, 5) is 30.1. The van der Waals surface area contributed by atoms with Crippen LogP contribution in [-0.4, -0.2) is 60.6 Å². The van der Waals surface area contributed by atoms with Gasteiger partial charge in [0.1, 0.15) is 6.54 Å². The molecule has 31 heavy (non-hydrogen) atoms. The predicted molar refractivity (Wildman–Crippen MR) is 120 cm³/mol. The van der Waals surface area contributed by atoms with E-state index in [1.807, 2.05) is 12.1 Å². The van der Waals surface area contributed by atoms with Crippen LogP contribution in [0.5, 0.6) is 0 Å². The molecule has 2 aromatic rings. The van der Waals surface area contributed by atoms with Crippen molar-refractivity contribution in [3.05, 3.63) is 63.6 Å². The number of hydrogen-bond acceptors (Lipinski definition) is 3. The lowest BCUT2D eigenvalue weighted by Gasteiger charge is -2.33. The van der Waals surface area contributed by atoms with Crippen LogP contribution in [0, 0.1) is 11.3 Å². The minimum Gasteiger partial charge on any atom is -0.323 e. The third kappa shape index (κ3) is 3.28. The second-order valence-corrected chi connectivity index (χ2v) is 9.47. The largest absolute Gasteiger partial charge is 0.332 e. The Morgan fingerprint density at radius 3 is 2.32 bits per heavy atom. The summed E-state index contributed by atoms with van der Waals surface area (Å²) in [6.45, 7) is 4.12. The Bertz CT molecular complexity index is 1090. The van der Waals surface area contributed by atoms with E-state index in [-0.39, 0.29) is 11.8 Å². The van der Waals surface area contributed by atoms with Gasteiger partial charge in [0.25, 0.3) is 5.91 Å². The number of likely N-dealkylation sites (tertiary alicyclic amines) is 1. The van der Waals surface area contributed by atoms with Crippen molar-refractivity contribution < 1.29 is 14.1 Å². The molecule has 1 spiro atoms. The summed E-state index contributed by atoms with van der Waals surface area (Å²) in [6.07, 6.45) is 0. The lowest BCUT2D eigenvalue weighted by molar-refractivity contribution is -0.897. The van der Waals surface area contributed by atoms with Crippen LogP contribution in [0.15, 0.2) is 42.5 Å². The quantitative estimate of drug-likeness (QED) is 0.510. The zero-order valence-corrected chi connectivity index (χ0v) is 19.1. The van der Waals surface area contributed by atoms with Crippen molar-refractivity contribution in [2.24, 2.45) is 0 Å². The Labute approximate surface area is 191 Å². The Kier molecular flexibility index (Phi) is 5.25. The summed E-state index contributed by atoms with van der Waals surface area (Å²) >= 11 is 12.3. The number of imide groups is 1. The number of anilines is 1. The molecule has 0 aromatic heterocycles. The van der Waals surface area contributed by atoms with Gasteiger partial charge in [-0.1, -0.05) is 35.3 Å². The molecule has 3 atom stereocenters. The van der Waals surface area contributed by atoms with E-state index in [0.29, 0.717) is 38.9 Å². The molecule has 3 amide bonds. The van der Waals surface area contributed by atoms with Crippen molar-refractivity contribution in [2.75, 3.05) is 38.6 Å². The number of rotatable bonds is 3. The van der Waals surface area contributed by atoms with Crippen LogP contribution >= 0.6 is 23.2 Å². The number of nitrogens with zero attached hydrogens (tertiary/aromatic N) is 4. The zero-order chi connectivity index (χ0) is 22.6. The summed E-state index contributed by atoms with van der Waals surface area (Å²) in [7, 11) is 3.80. The SMILES string of the molecule is CC[N+]1(C)C[C@@H](c2ccc(C#N)cc2)[C@]2(C1)C(=O)N(c1cc(Cl)cc(Cl)c1)C(=O)N2C. The van der Waals surface area contributed by atoms with E-state index < -0.39 is 11.6 Å². The van der Waals surface area contributed by atoms with Crippen LogP contribution in [0.3, 0.4) is 0 Å². The van der Waals surface area contributed by atoms with E-state index in [1.165, 1.54) is 4.90 Å². The van der Waals surface area contributed by atoms with Crippen LogP contribution in [0.1, 0.15) is 24.0 Å². The van der Waals surface area contributed by atoms with Crippen LogP contribution in [0.2, 0.25) is 10.0 Å². The number of amides is 3. The summed E-state index contributed by atoms with van der Waals surface area (Å²) in [5.74, 6) is -0.491. The molecule has 6 nitrogen and oxygen atoms in total. The maximum absolute atomic E-state index is 14.0. The van der Waals surface area contributed by atoms with Crippen LogP contribution in [-0.2, 0) is 4.79 Å². The number of nitriles is 1. The molecule has 0 bridgehead atoms. The summed E-state index contributed by atoms with van der Waals surface area (Å²) in [6, 6.07) is 13.8. The summed E-state index contributed by atoms with van der Waals surface area (Å²) in [5.41, 5.74) is 0.826. The standard InChI is InChI=1S/C23H23Cl2N4O2/c1-4-29(3)13-20(16-7-5-15(12-26)6-8-16)23(14-29)21(30)28(22(31)27(23)2)19-10-17(24)9-18(25)11-19/h5-11,20H,4,13-14H2,1-3H3/q+1/t20-,23+,29?/m0/s1. The van der Waals surface area contributed by atoms with E-state index in [4.69, 9.17) is 28.5 Å². The van der Waals surface area contributed by atoms with Crippen LogP contribution in [0.25, 0.3) is 0 Å². The van der Waals surface area contributed by atoms with Gasteiger partial charge in [0.15, 0.2) is 5.54 Å². The molecule has 0 N–H and O–H groups in total. The molecule has 2 aliphatic rings. The minimum atomic E-state index is -1.04. The molecule has 8 heteroatoms. The lowest BCUT2D eigenvalue weighted by Crippen LogP contribution is -2.55. The fourth-order valence-corrected chi connectivity index (χ4v) is 5.47. The Hall–Kier alpha value is -2.59. The first kappa shape index (κ1) is 21.6. The Morgan fingerprint density at radius 2 is 1.77 bits per heavy atom. The number of halogens is 2. The number of carbonyl (C=O) groups excluding carboxylic acids is 2. The van der Waals surface area contributed by atoms with Gasteiger partial charge in [0.2, 0.25) is 0 Å². The van der Waals surface area contributed by atoms with Crippen molar-refractivity contribution in [1.82, 2.24) is 4.90 Å². The topological polar surface area (TPSA) is 64.4 Å². The van der Waals surface area contributed by atoms with E-state index in [1.54, 1.807) is 42.3 Å². The van der Waals surface area contributed by atoms with Gasteiger partial charge in [-0.3, -0.25) is 4.79 Å². The van der Waals surface area contributed by atoms with Gasteiger partial charge >= 0.3 is 6.03 Å². The Balaban J connectivity index is 1.85. The molecule has 2 fully saturated rings. The lowest BCUT2D eigenvalue weighted by atomic mass is 9.80. The van der Waals surface area contributed by atoms with Crippen molar-refractivity contribution in [2.45, 2.75) is 18.4 Å². The molecule has 0 saturated carbocycles. The van der Waals surface area contributed by atoms with Gasteiger partial charge < -0.3 is 9.38 Å². The van der Waals surface area contributed by atoms with Crippen molar-refractivity contribution in [3.63, 3.8) is 0 Å². The summed E-state index contributed by atoms with van der Waals surface area (Å²) in [5, 5.41) is 9.87. The van der Waals surface area contributed by atoms with Crippen molar-refractivity contribution in [1.29, 1.82) is 5.26 Å². The molecule has 0 aliphatic carbocycles. The minimum absolute atomic E-state index is 0.216. The third-order valence-corrected chi connectivity index (χ3v) is 7.22. The van der Waals surface area contributed by atoms with E-state index in [9.17, 15) is 9.59 Å². The van der Waals surface area contributed by atoms with E-state index in [0.717, 1.165) is 12.1 Å². The predicted octanol–water partition coefficient (Wildman–Crippen LogP) is 4.27. The average Bonchev–Trinajstić information content (AvgIpc) is 3.16. The third-order valence-electron chi connectivity index (χ3n) is 6.78. The van der Waals surface area contributed by atoms with Gasteiger partial charge in [0, 0.05) is 17.1 Å². The molecule has 2 aliphatic heterocycles. The van der Waals surface area contributed by atoms with Crippen LogP contribution in [0.4, 0.5) is 10.5 Å². The number of hydrogen-bond donors (Lipinski definition) is 0. The average molecular weight is 458 g/mol. The summed E-state index contributed by atoms with van der Waals surface area (Å²) < 4.78 is 0.651. The molecule has 2 saturated heterocycles. The van der Waals surface area contributed by atoms with Crippen LogP contribution < -0.4 is 4.90 Å². The van der Waals surface area contributed by atoms with Crippen molar-refractivity contribution in [3.8, 4) is 6.07 Å². The monoisotopic (exact) mass is 457 g/mol. The molecule has 4 rings (SSSR count). The van der Waals surface area contributed by atoms with Gasteiger partial charge in [-0.15, -0.1) is 0 Å². The van der Waals surface area contributed by atoms with Gasteiger partial charge in [0.05, 0.1) is 43.4 Å². The van der Waals surface area contributed by atoms with E-state index >= 15 is 0 Å². The fraction of sp³-hybridized carbons (Fsp3) is 0.348. The van der Waals surface area contributed by atoms with Gasteiger partial charge in [-0.2, -0.15) is 5.26 Å². The molecular formula is C23H23Cl2N4O2+. The highest BCUT2D eigenvalue weighted by molar-refractivity contribution is 6.35. The molecule has 0 radical (unpaired) electrons. The maximum Gasteiger partial charge on any atom is 0.332 e. The maximum atomic E-state index is 14.0.